The number of aliphatic hydroxyl groups is 2. The number of hydrogen-bond acceptors (Lipinski definition) is 4. The van der Waals surface area contributed by atoms with E-state index in [1.54, 1.807) is 13.8 Å². The van der Waals surface area contributed by atoms with Crippen LogP contribution in [0.1, 0.15) is 19.4 Å². The molecule has 0 aliphatic rings. The van der Waals surface area contributed by atoms with Crippen molar-refractivity contribution in [2.45, 2.75) is 58.4 Å². The third-order valence-electron chi connectivity index (χ3n) is 4.90. The maximum atomic E-state index is 9.91. The summed E-state index contributed by atoms with van der Waals surface area (Å²) in [6.45, 7) is 12.1. The van der Waals surface area contributed by atoms with Crippen molar-refractivity contribution >= 4 is 19.0 Å². The van der Waals surface area contributed by atoms with Gasteiger partial charge in [0.2, 0.25) is 0 Å². The highest BCUT2D eigenvalue weighted by Gasteiger charge is 2.14. The van der Waals surface area contributed by atoms with E-state index in [0.717, 1.165) is 40.2 Å². The van der Waals surface area contributed by atoms with E-state index < -0.39 is 13.7 Å². The lowest BCUT2D eigenvalue weighted by molar-refractivity contribution is 0.0786. The van der Waals surface area contributed by atoms with Gasteiger partial charge in [-0.25, -0.2) is 4.68 Å². The lowest BCUT2D eigenvalue weighted by atomic mass is 10.0. The molecule has 31 heavy (non-hydrogen) atoms. The number of benzene rings is 1. The molecule has 0 spiro atoms. The lowest BCUT2D eigenvalue weighted by Crippen LogP contribution is -2.22. The minimum absolute atomic E-state index is 0.0632. The topological polar surface area (TPSA) is 72.4 Å². The average Bonchev–Trinajstić information content (AvgIpc) is 3.27. The molecule has 0 saturated carbocycles. The van der Waals surface area contributed by atoms with Crippen LogP contribution < -0.4 is 0 Å². The fourth-order valence-corrected chi connectivity index (χ4v) is 3.99. The number of nitrogens with zero attached hydrogens (tertiary/aromatic N) is 3. The third kappa shape index (κ3) is 6.55. The van der Waals surface area contributed by atoms with E-state index in [0.29, 0.717) is 13.3 Å². The zero-order valence-electron chi connectivity index (χ0n) is 19.1. The van der Waals surface area contributed by atoms with Gasteiger partial charge in [0.05, 0.1) is 12.8 Å². The Labute approximate surface area is 185 Å². The molecule has 2 heterocycles. The Bertz CT molecular complexity index is 1090. The molecule has 0 amide bonds. The first kappa shape index (κ1) is 23.3. The Morgan fingerprint density at radius 2 is 1.97 bits per heavy atom. The minimum Gasteiger partial charge on any atom is -0.395 e. The molecule has 3 aromatic rings. The van der Waals surface area contributed by atoms with Crippen molar-refractivity contribution in [2.24, 2.45) is 0 Å². The van der Waals surface area contributed by atoms with Crippen LogP contribution in [0, 0.1) is 11.8 Å². The van der Waals surface area contributed by atoms with Crippen LogP contribution >= 0.6 is 0 Å². The fourth-order valence-electron chi connectivity index (χ4n) is 3.23. The minimum atomic E-state index is -1.11. The molecule has 3 rings (SSSR count). The van der Waals surface area contributed by atoms with Gasteiger partial charge >= 0.3 is 0 Å². The molecule has 0 aliphatic heterocycles. The summed E-state index contributed by atoms with van der Waals surface area (Å²) >= 11 is 0. The Morgan fingerprint density at radius 3 is 2.65 bits per heavy atom. The van der Waals surface area contributed by atoms with E-state index in [9.17, 15) is 10.2 Å². The zero-order valence-corrected chi connectivity index (χ0v) is 20.1. The van der Waals surface area contributed by atoms with E-state index in [4.69, 9.17) is 4.74 Å². The number of ether oxygens (including phenoxy) is 1. The maximum absolute atomic E-state index is 9.91. The van der Waals surface area contributed by atoms with E-state index in [2.05, 4.69) is 36.6 Å². The summed E-state index contributed by atoms with van der Waals surface area (Å²) in [4.78, 5) is 0. The smallest absolute Gasteiger partial charge is 0.139 e. The molecular formula is C24H33N3O3Si. The molecule has 2 aromatic heterocycles. The van der Waals surface area contributed by atoms with Crippen LogP contribution in [-0.2, 0) is 18.0 Å². The summed E-state index contributed by atoms with van der Waals surface area (Å²) in [5.74, 6) is 5.92. The Morgan fingerprint density at radius 1 is 1.19 bits per heavy atom. The van der Waals surface area contributed by atoms with E-state index in [1.165, 1.54) is 0 Å². The van der Waals surface area contributed by atoms with Crippen LogP contribution in [0.25, 0.3) is 22.0 Å². The van der Waals surface area contributed by atoms with Gasteiger partial charge in [0.15, 0.2) is 0 Å². The molecule has 6 nitrogen and oxygen atoms in total. The normalized spacial score (nSPS) is 12.2. The monoisotopic (exact) mass is 439 g/mol. The summed E-state index contributed by atoms with van der Waals surface area (Å²) in [5, 5.41) is 24.9. The molecular weight excluding hydrogens is 406 g/mol. The van der Waals surface area contributed by atoms with E-state index in [1.807, 2.05) is 46.0 Å². The Kier molecular flexibility index (Phi) is 7.07. The quantitative estimate of drug-likeness (QED) is 0.317. The second-order valence-corrected chi connectivity index (χ2v) is 15.2. The second-order valence-electron chi connectivity index (χ2n) is 9.62. The lowest BCUT2D eigenvalue weighted by Gasteiger charge is -2.15. The molecule has 0 atom stereocenters. The van der Waals surface area contributed by atoms with Gasteiger partial charge in [0.1, 0.15) is 12.3 Å². The predicted molar refractivity (Wildman–Crippen MR) is 128 cm³/mol. The highest BCUT2D eigenvalue weighted by molar-refractivity contribution is 6.76. The van der Waals surface area contributed by atoms with Gasteiger partial charge in [-0.05, 0) is 38.1 Å². The van der Waals surface area contributed by atoms with Crippen molar-refractivity contribution in [3.05, 3.63) is 42.4 Å². The molecule has 2 N–H and O–H groups in total. The van der Waals surface area contributed by atoms with E-state index in [-0.39, 0.29) is 6.61 Å². The molecule has 1 aromatic carbocycles. The number of aliphatic hydroxyl groups excluding tert-OH is 1. The van der Waals surface area contributed by atoms with Crippen LogP contribution in [-0.4, -0.2) is 51.4 Å². The first-order valence-electron chi connectivity index (χ1n) is 10.7. The van der Waals surface area contributed by atoms with Crippen molar-refractivity contribution in [1.29, 1.82) is 0 Å². The van der Waals surface area contributed by atoms with Crippen molar-refractivity contribution in [1.82, 2.24) is 14.3 Å². The van der Waals surface area contributed by atoms with Gasteiger partial charge in [-0.2, -0.15) is 5.10 Å². The van der Waals surface area contributed by atoms with Crippen LogP contribution in [0.3, 0.4) is 0 Å². The van der Waals surface area contributed by atoms with E-state index >= 15 is 0 Å². The highest BCUT2D eigenvalue weighted by Crippen LogP contribution is 2.31. The molecule has 0 unspecified atom stereocenters. The van der Waals surface area contributed by atoms with Crippen molar-refractivity contribution < 1.29 is 14.9 Å². The summed E-state index contributed by atoms with van der Waals surface area (Å²) in [6.07, 6.45) is 5.87. The summed E-state index contributed by atoms with van der Waals surface area (Å²) in [7, 11) is -1.11. The summed E-state index contributed by atoms with van der Waals surface area (Å²) < 4.78 is 9.67. The predicted octanol–water partition coefficient (Wildman–Crippen LogP) is 3.93. The molecule has 7 heteroatoms. The Hall–Kier alpha value is -2.37. The van der Waals surface area contributed by atoms with Crippen molar-refractivity contribution in [3.63, 3.8) is 0 Å². The average molecular weight is 440 g/mol. The van der Waals surface area contributed by atoms with Crippen LogP contribution in [0.15, 0.2) is 36.8 Å². The maximum Gasteiger partial charge on any atom is 0.139 e. The summed E-state index contributed by atoms with van der Waals surface area (Å²) in [5.41, 5.74) is 2.83. The SMILES string of the molecule is CC(C)(O)C#Cc1ccc2c(c1)c(-c1cnn(COCC[Si](C)(C)C)c1)cn2CCO. The first-order chi connectivity index (χ1) is 14.6. The molecule has 0 bridgehead atoms. The fraction of sp³-hybridized carbons (Fsp3) is 0.458. The van der Waals surface area contributed by atoms with Gasteiger partial charge in [-0.15, -0.1) is 0 Å². The van der Waals surface area contributed by atoms with Crippen molar-refractivity contribution in [3.8, 4) is 23.0 Å². The van der Waals surface area contributed by atoms with Gasteiger partial charge in [-0.1, -0.05) is 31.5 Å². The molecule has 0 aliphatic carbocycles. The largest absolute Gasteiger partial charge is 0.395 e. The van der Waals surface area contributed by atoms with Crippen LogP contribution in [0.4, 0.5) is 0 Å². The summed E-state index contributed by atoms with van der Waals surface area (Å²) in [6, 6.07) is 7.10. The van der Waals surface area contributed by atoms with Gasteiger partial charge in [0, 0.05) is 61.2 Å². The Balaban J connectivity index is 1.88. The van der Waals surface area contributed by atoms with Crippen LogP contribution in [0.2, 0.25) is 25.7 Å². The molecule has 0 saturated heterocycles. The first-order valence-corrected chi connectivity index (χ1v) is 14.4. The third-order valence-corrected chi connectivity index (χ3v) is 6.60. The standard InChI is InChI=1S/C24H33N3O3Si/c1-24(2,29)9-8-19-6-7-23-21(14-19)22(17-26(23)10-11-28)20-15-25-27(16-20)18-30-12-13-31(3,4)5/h6-7,14-17,28-29H,10-13,18H2,1-5H3. The van der Waals surface area contributed by atoms with Crippen molar-refractivity contribution in [2.75, 3.05) is 13.2 Å². The highest BCUT2D eigenvalue weighted by atomic mass is 28.3. The zero-order chi connectivity index (χ0) is 22.6. The van der Waals surface area contributed by atoms with Gasteiger partial charge < -0.3 is 19.5 Å². The second kappa shape index (κ2) is 9.41. The number of rotatable bonds is 8. The molecule has 0 fully saturated rings. The molecule has 166 valence electrons. The number of hydrogen-bond donors (Lipinski definition) is 2. The van der Waals surface area contributed by atoms with Gasteiger partial charge in [0.25, 0.3) is 0 Å². The van der Waals surface area contributed by atoms with Crippen LogP contribution in [0.5, 0.6) is 0 Å². The number of fused-ring (bicyclic) bond motifs is 1. The number of aromatic nitrogens is 3. The van der Waals surface area contributed by atoms with Gasteiger partial charge in [-0.3, -0.25) is 0 Å². The molecule has 0 radical (unpaired) electrons.